The summed E-state index contributed by atoms with van der Waals surface area (Å²) >= 11 is 0. The van der Waals surface area contributed by atoms with Gasteiger partial charge in [0.05, 0.1) is 11.6 Å². The molecule has 2 aromatic carbocycles. The molecule has 5 rings (SSSR count). The van der Waals surface area contributed by atoms with Crippen molar-refractivity contribution in [3.8, 4) is 16.9 Å². The van der Waals surface area contributed by atoms with Crippen LogP contribution in [0.2, 0.25) is 0 Å². The van der Waals surface area contributed by atoms with E-state index in [-0.39, 0.29) is 29.7 Å². The number of hydrogen-bond acceptors (Lipinski definition) is 9. The number of benzene rings is 2. The summed E-state index contributed by atoms with van der Waals surface area (Å²) in [4.78, 5) is 43.3. The van der Waals surface area contributed by atoms with Gasteiger partial charge in [-0.2, -0.15) is 0 Å². The molecule has 216 valence electrons. The number of aliphatic hydroxyl groups is 3. The Balaban J connectivity index is 1.77. The van der Waals surface area contributed by atoms with Crippen LogP contribution in [0.4, 0.5) is 5.69 Å². The second kappa shape index (κ2) is 9.46. The number of allylic oxidation sites excluding steroid dienone is 1. The highest BCUT2D eigenvalue weighted by molar-refractivity contribution is 6.25. The van der Waals surface area contributed by atoms with E-state index in [1.165, 1.54) is 4.90 Å². The number of aryl methyl sites for hydroxylation is 2. The normalized spacial score (nSPS) is 25.7. The standard InChI is InChI=1S/C31H35N3O7/c1-13-7-14(2)9-15(8-13)17-12-20(33(3)4)18-10-16-11-19-24(34(5)6)27(37)23(30(32)40)29(39)31(19,41)28(38)21(16)26(36)22(18)25(17)35/h7-9,12,16,19,24,35,37-38,41H,10-11H2,1-6H3,(H2,32,40)/t16-,19+,24+,31+/m0/s1. The Morgan fingerprint density at radius 2 is 1.61 bits per heavy atom. The summed E-state index contributed by atoms with van der Waals surface area (Å²) in [6.07, 6.45) is 0.265. The Kier molecular flexibility index (Phi) is 6.55. The SMILES string of the molecule is Cc1cc(C)cc(-c2cc(N(C)C)c3c(c2O)C(=O)C2=C(O)[C@@]4(O)C(=O)C(C(N)=O)=C(O)[C@H](N(C)C)[C@H]4C[C@@H]2C3)c1. The van der Waals surface area contributed by atoms with Gasteiger partial charge in [0.2, 0.25) is 5.78 Å². The van der Waals surface area contributed by atoms with Crippen LogP contribution >= 0.6 is 0 Å². The predicted octanol–water partition coefficient (Wildman–Crippen LogP) is 2.47. The van der Waals surface area contributed by atoms with Crippen LogP contribution < -0.4 is 10.6 Å². The van der Waals surface area contributed by atoms with Crippen LogP contribution in [-0.2, 0) is 16.0 Å². The van der Waals surface area contributed by atoms with Gasteiger partial charge in [-0.15, -0.1) is 0 Å². The third-order valence-electron chi connectivity index (χ3n) is 8.71. The van der Waals surface area contributed by atoms with Crippen LogP contribution in [0.5, 0.6) is 5.75 Å². The number of primary amides is 1. The van der Waals surface area contributed by atoms with E-state index in [2.05, 4.69) is 0 Å². The summed E-state index contributed by atoms with van der Waals surface area (Å²) in [7, 11) is 6.87. The van der Waals surface area contributed by atoms with Crippen molar-refractivity contribution in [2.45, 2.75) is 38.3 Å². The molecule has 3 aliphatic carbocycles. The minimum absolute atomic E-state index is 0.00820. The monoisotopic (exact) mass is 561 g/mol. The summed E-state index contributed by atoms with van der Waals surface area (Å²) in [5.41, 5.74) is 6.12. The van der Waals surface area contributed by atoms with Gasteiger partial charge in [-0.05, 0) is 63.9 Å². The molecule has 0 saturated carbocycles. The number of aliphatic hydroxyl groups excluding tert-OH is 2. The molecule has 0 spiro atoms. The first-order valence-electron chi connectivity index (χ1n) is 13.4. The number of phenols is 1. The zero-order valence-corrected chi connectivity index (χ0v) is 23.9. The van der Waals surface area contributed by atoms with E-state index in [4.69, 9.17) is 5.73 Å². The highest BCUT2D eigenvalue weighted by Gasteiger charge is 2.63. The molecule has 0 saturated heterocycles. The number of aromatic hydroxyl groups is 1. The molecule has 0 radical (unpaired) electrons. The molecule has 10 nitrogen and oxygen atoms in total. The first-order valence-corrected chi connectivity index (χ1v) is 13.4. The van der Waals surface area contributed by atoms with Gasteiger partial charge in [-0.3, -0.25) is 19.3 Å². The number of nitrogens with two attached hydrogens (primary N) is 1. The number of Topliss-reactive ketones (excluding diaryl/α,β-unsaturated/α-hetero) is 2. The second-order valence-electron chi connectivity index (χ2n) is 11.9. The van der Waals surface area contributed by atoms with Crippen molar-refractivity contribution in [2.75, 3.05) is 33.1 Å². The Bertz CT molecular complexity index is 1580. The Hall–Kier alpha value is -4.15. The Labute approximate surface area is 238 Å². The lowest BCUT2D eigenvalue weighted by atomic mass is 9.58. The minimum Gasteiger partial charge on any atom is -0.510 e. The number of likely N-dealkylation sites (N-methyl/N-ethyl adjacent to an activating group) is 1. The molecule has 1 amide bonds. The van der Waals surface area contributed by atoms with Gasteiger partial charge in [-0.25, -0.2) is 0 Å². The van der Waals surface area contributed by atoms with Crippen molar-refractivity contribution in [1.29, 1.82) is 0 Å². The molecule has 3 aliphatic rings. The lowest BCUT2D eigenvalue weighted by Crippen LogP contribution is -2.63. The van der Waals surface area contributed by atoms with Gasteiger partial charge in [-0.1, -0.05) is 29.3 Å². The van der Waals surface area contributed by atoms with E-state index < -0.39 is 58.0 Å². The van der Waals surface area contributed by atoms with E-state index in [0.29, 0.717) is 22.4 Å². The Morgan fingerprint density at radius 3 is 2.15 bits per heavy atom. The molecule has 0 aromatic heterocycles. The van der Waals surface area contributed by atoms with Crippen molar-refractivity contribution in [3.63, 3.8) is 0 Å². The van der Waals surface area contributed by atoms with Crippen molar-refractivity contribution in [3.05, 3.63) is 69.2 Å². The van der Waals surface area contributed by atoms with Crippen LogP contribution in [0.1, 0.15) is 33.5 Å². The number of nitrogens with zero attached hydrogens (tertiary/aromatic N) is 2. The van der Waals surface area contributed by atoms with Gasteiger partial charge in [0.1, 0.15) is 22.8 Å². The Morgan fingerprint density at radius 1 is 1.00 bits per heavy atom. The van der Waals surface area contributed by atoms with E-state index in [9.17, 15) is 34.8 Å². The largest absolute Gasteiger partial charge is 0.510 e. The number of rotatable bonds is 4. The fourth-order valence-corrected chi connectivity index (χ4v) is 7.05. The third kappa shape index (κ3) is 3.96. The van der Waals surface area contributed by atoms with Crippen LogP contribution in [0.3, 0.4) is 0 Å². The zero-order chi connectivity index (χ0) is 30.3. The summed E-state index contributed by atoms with van der Waals surface area (Å²) in [5, 5.41) is 45.9. The number of carbonyl (C=O) groups is 3. The van der Waals surface area contributed by atoms with E-state index in [1.54, 1.807) is 14.1 Å². The average molecular weight is 562 g/mol. The van der Waals surface area contributed by atoms with Gasteiger partial charge >= 0.3 is 0 Å². The summed E-state index contributed by atoms with van der Waals surface area (Å²) < 4.78 is 0. The number of ketones is 2. The van der Waals surface area contributed by atoms with E-state index in [1.807, 2.05) is 57.1 Å². The smallest absolute Gasteiger partial charge is 0.255 e. The molecule has 4 atom stereocenters. The molecule has 0 bridgehead atoms. The third-order valence-corrected chi connectivity index (χ3v) is 8.71. The lowest BCUT2D eigenvalue weighted by molar-refractivity contribution is -0.148. The number of carbonyl (C=O) groups excluding carboxylic acids is 3. The summed E-state index contributed by atoms with van der Waals surface area (Å²) in [6, 6.07) is 6.61. The molecular weight excluding hydrogens is 526 g/mol. The molecule has 10 heteroatoms. The van der Waals surface area contributed by atoms with Crippen LogP contribution in [0, 0.1) is 25.7 Å². The molecule has 0 fully saturated rings. The first-order chi connectivity index (χ1) is 19.1. The van der Waals surface area contributed by atoms with Crippen LogP contribution in [0.25, 0.3) is 11.1 Å². The maximum absolute atomic E-state index is 14.2. The molecule has 41 heavy (non-hydrogen) atoms. The molecule has 6 N–H and O–H groups in total. The summed E-state index contributed by atoms with van der Waals surface area (Å²) in [6.45, 7) is 3.87. The number of amides is 1. The quantitative estimate of drug-likeness (QED) is 0.353. The zero-order valence-electron chi connectivity index (χ0n) is 23.9. The highest BCUT2D eigenvalue weighted by atomic mass is 16.3. The predicted molar refractivity (Wildman–Crippen MR) is 153 cm³/mol. The fourth-order valence-electron chi connectivity index (χ4n) is 7.05. The maximum atomic E-state index is 14.2. The molecule has 2 aromatic rings. The summed E-state index contributed by atoms with van der Waals surface area (Å²) in [5.74, 6) is -6.64. The molecular formula is C31H35N3O7. The second-order valence-corrected chi connectivity index (χ2v) is 11.9. The average Bonchev–Trinajstić information content (AvgIpc) is 2.85. The maximum Gasteiger partial charge on any atom is 0.255 e. The number of anilines is 1. The topological polar surface area (TPSA) is 165 Å². The lowest BCUT2D eigenvalue weighted by Gasteiger charge is -2.50. The fraction of sp³-hybridized carbons (Fsp3) is 0.387. The first kappa shape index (κ1) is 28.4. The van der Waals surface area contributed by atoms with Gasteiger partial charge in [0.15, 0.2) is 11.4 Å². The van der Waals surface area contributed by atoms with Crippen molar-refractivity contribution < 1.29 is 34.8 Å². The van der Waals surface area contributed by atoms with Crippen molar-refractivity contribution >= 4 is 23.2 Å². The van der Waals surface area contributed by atoms with E-state index in [0.717, 1.165) is 11.1 Å². The highest BCUT2D eigenvalue weighted by Crippen LogP contribution is 2.54. The molecule has 0 unspecified atom stereocenters. The number of hydrogen-bond donors (Lipinski definition) is 5. The van der Waals surface area contributed by atoms with Gasteiger partial charge in [0, 0.05) is 36.8 Å². The van der Waals surface area contributed by atoms with Gasteiger partial charge in [0.25, 0.3) is 5.91 Å². The van der Waals surface area contributed by atoms with Crippen LogP contribution in [0.15, 0.2) is 46.9 Å². The van der Waals surface area contributed by atoms with Crippen LogP contribution in [-0.4, -0.2) is 82.6 Å². The van der Waals surface area contributed by atoms with Crippen molar-refractivity contribution in [1.82, 2.24) is 4.90 Å². The van der Waals surface area contributed by atoms with E-state index >= 15 is 0 Å². The molecule has 0 aliphatic heterocycles. The molecule has 0 heterocycles. The number of phenolic OH excluding ortho intramolecular Hbond substituents is 1. The van der Waals surface area contributed by atoms with Gasteiger partial charge < -0.3 is 31.1 Å². The number of fused-ring (bicyclic) bond motifs is 3. The minimum atomic E-state index is -2.67. The van der Waals surface area contributed by atoms with Crippen molar-refractivity contribution in [2.24, 2.45) is 17.6 Å².